The highest BCUT2D eigenvalue weighted by Crippen LogP contribution is 2.22. The van der Waals surface area contributed by atoms with Gasteiger partial charge in [-0.05, 0) is 49.4 Å². The van der Waals surface area contributed by atoms with Crippen molar-refractivity contribution in [2.75, 3.05) is 31.6 Å². The van der Waals surface area contributed by atoms with E-state index >= 15 is 0 Å². The van der Waals surface area contributed by atoms with Gasteiger partial charge in [0, 0.05) is 45.7 Å². The number of hydrogen-bond acceptors (Lipinski definition) is 7. The maximum Gasteiger partial charge on any atom is 0.404 e. The molecule has 0 spiro atoms. The van der Waals surface area contributed by atoms with Crippen molar-refractivity contribution in [1.82, 2.24) is 20.2 Å². The fourth-order valence-corrected chi connectivity index (χ4v) is 3.88. The second kappa shape index (κ2) is 13.8. The lowest BCUT2D eigenvalue weighted by atomic mass is 10.1. The summed E-state index contributed by atoms with van der Waals surface area (Å²) in [7, 11) is 1.60. The number of phenols is 1. The quantitative estimate of drug-likeness (QED) is 0.289. The third-order valence-corrected chi connectivity index (χ3v) is 6.08. The van der Waals surface area contributed by atoms with E-state index < -0.39 is 6.09 Å². The predicted molar refractivity (Wildman–Crippen MR) is 140 cm³/mol. The summed E-state index contributed by atoms with van der Waals surface area (Å²) in [5.41, 5.74) is 1.65. The third-order valence-electron chi connectivity index (χ3n) is 6.08. The smallest absolute Gasteiger partial charge is 0.404 e. The summed E-state index contributed by atoms with van der Waals surface area (Å²) in [6, 6.07) is 10.8. The molecule has 0 unspecified atom stereocenters. The molecule has 2 aromatic heterocycles. The fourth-order valence-electron chi connectivity index (χ4n) is 3.88. The standard InChI is InChI=1S/C27H33N5O6/c1-19-8-7-9-20(25(19)34)12-16-32(24(33)11-4-6-15-29-27(36)37)17-13-23-30-21(18-38-23)26(35)31(2)22-10-3-5-14-28-22/h3,5,7-10,14,18,29,34H,4,6,11-13,15-17H2,1-2H3,(H,36,37). The molecule has 0 radical (unpaired) electrons. The first kappa shape index (κ1) is 28.2. The van der Waals surface area contributed by atoms with Gasteiger partial charge in [0.2, 0.25) is 5.91 Å². The van der Waals surface area contributed by atoms with Crippen molar-refractivity contribution in [1.29, 1.82) is 0 Å². The van der Waals surface area contributed by atoms with Crippen LogP contribution in [0.4, 0.5) is 10.6 Å². The van der Waals surface area contributed by atoms with Gasteiger partial charge >= 0.3 is 6.09 Å². The Morgan fingerprint density at radius 3 is 2.58 bits per heavy atom. The molecule has 3 rings (SSSR count). The number of anilines is 1. The minimum Gasteiger partial charge on any atom is -0.507 e. The van der Waals surface area contributed by atoms with Crippen molar-refractivity contribution >= 4 is 23.7 Å². The number of rotatable bonds is 13. The van der Waals surface area contributed by atoms with Crippen LogP contribution in [0.25, 0.3) is 0 Å². The topological polar surface area (TPSA) is 149 Å². The van der Waals surface area contributed by atoms with E-state index in [2.05, 4.69) is 15.3 Å². The Morgan fingerprint density at radius 1 is 1.05 bits per heavy atom. The number of nitrogens with zero attached hydrogens (tertiary/aromatic N) is 4. The summed E-state index contributed by atoms with van der Waals surface area (Å²) in [5.74, 6) is 0.565. The number of amides is 3. The van der Waals surface area contributed by atoms with Crippen LogP contribution in [0.3, 0.4) is 0 Å². The minimum atomic E-state index is -1.09. The predicted octanol–water partition coefficient (Wildman–Crippen LogP) is 3.41. The Balaban J connectivity index is 1.62. The molecule has 0 saturated carbocycles. The highest BCUT2D eigenvalue weighted by atomic mass is 16.4. The number of unbranched alkanes of at least 4 members (excludes halogenated alkanes) is 1. The maximum atomic E-state index is 13.0. The second-order valence-electron chi connectivity index (χ2n) is 8.83. The number of aromatic nitrogens is 2. The lowest BCUT2D eigenvalue weighted by molar-refractivity contribution is -0.131. The zero-order chi connectivity index (χ0) is 27.5. The maximum absolute atomic E-state index is 13.0. The molecule has 1 aromatic carbocycles. The molecule has 0 atom stereocenters. The SMILES string of the molecule is Cc1cccc(CCN(CCc2nc(C(=O)N(C)c3ccccn3)co2)C(=O)CCCCNC(=O)O)c1O. The van der Waals surface area contributed by atoms with Crippen molar-refractivity contribution in [3.63, 3.8) is 0 Å². The molecule has 0 fully saturated rings. The zero-order valence-corrected chi connectivity index (χ0v) is 21.6. The van der Waals surface area contributed by atoms with Crippen molar-refractivity contribution in [3.8, 4) is 5.75 Å². The molecule has 3 N–H and O–H groups in total. The Hall–Kier alpha value is -4.41. The minimum absolute atomic E-state index is 0.0924. The van der Waals surface area contributed by atoms with Gasteiger partial charge in [0.25, 0.3) is 5.91 Å². The molecule has 0 aliphatic heterocycles. The Kier molecular flexibility index (Phi) is 10.2. The van der Waals surface area contributed by atoms with E-state index in [4.69, 9.17) is 9.52 Å². The first-order chi connectivity index (χ1) is 18.3. The van der Waals surface area contributed by atoms with E-state index in [9.17, 15) is 19.5 Å². The lowest BCUT2D eigenvalue weighted by Gasteiger charge is -2.23. The van der Waals surface area contributed by atoms with Crippen LogP contribution in [0.1, 0.15) is 46.8 Å². The number of pyridine rings is 1. The molecule has 3 amide bonds. The molecule has 3 aromatic rings. The normalized spacial score (nSPS) is 10.7. The summed E-state index contributed by atoms with van der Waals surface area (Å²) in [6.45, 7) is 2.78. The number of aromatic hydroxyl groups is 1. The monoisotopic (exact) mass is 523 g/mol. The van der Waals surface area contributed by atoms with Gasteiger partial charge in [0.1, 0.15) is 17.8 Å². The van der Waals surface area contributed by atoms with Crippen LogP contribution < -0.4 is 10.2 Å². The average Bonchev–Trinajstić information content (AvgIpc) is 3.39. The summed E-state index contributed by atoms with van der Waals surface area (Å²) < 4.78 is 5.51. The van der Waals surface area contributed by atoms with Gasteiger partial charge < -0.3 is 24.8 Å². The number of nitrogens with one attached hydrogen (secondary N) is 1. The van der Waals surface area contributed by atoms with E-state index in [1.807, 2.05) is 25.1 Å². The first-order valence-electron chi connectivity index (χ1n) is 12.4. The molecule has 38 heavy (non-hydrogen) atoms. The molecule has 11 nitrogen and oxygen atoms in total. The summed E-state index contributed by atoms with van der Waals surface area (Å²) in [4.78, 5) is 47.9. The van der Waals surface area contributed by atoms with E-state index in [-0.39, 0.29) is 36.2 Å². The van der Waals surface area contributed by atoms with E-state index in [0.29, 0.717) is 50.5 Å². The van der Waals surface area contributed by atoms with Gasteiger partial charge in [-0.3, -0.25) is 14.5 Å². The molecule has 0 bridgehead atoms. The number of oxazole rings is 1. The van der Waals surface area contributed by atoms with E-state index in [0.717, 1.165) is 11.1 Å². The van der Waals surface area contributed by atoms with Crippen molar-refractivity contribution < 1.29 is 29.0 Å². The number of carbonyl (C=O) groups excluding carboxylic acids is 2. The van der Waals surface area contributed by atoms with Crippen LogP contribution in [0.5, 0.6) is 5.75 Å². The average molecular weight is 524 g/mol. The van der Waals surface area contributed by atoms with Crippen LogP contribution in [0.15, 0.2) is 53.3 Å². The number of benzene rings is 1. The number of carbonyl (C=O) groups is 3. The largest absolute Gasteiger partial charge is 0.507 e. The van der Waals surface area contributed by atoms with E-state index in [1.54, 1.807) is 36.3 Å². The Morgan fingerprint density at radius 2 is 1.84 bits per heavy atom. The molecule has 2 heterocycles. The number of para-hydroxylation sites is 1. The second-order valence-corrected chi connectivity index (χ2v) is 8.83. The zero-order valence-electron chi connectivity index (χ0n) is 21.6. The van der Waals surface area contributed by atoms with Crippen LogP contribution >= 0.6 is 0 Å². The first-order valence-corrected chi connectivity index (χ1v) is 12.4. The Labute approximate surface area is 221 Å². The van der Waals surface area contributed by atoms with Crippen molar-refractivity contribution in [3.05, 3.63) is 71.6 Å². The fraction of sp³-hybridized carbons (Fsp3) is 0.370. The van der Waals surface area contributed by atoms with Crippen LogP contribution in [0.2, 0.25) is 0 Å². The van der Waals surface area contributed by atoms with Gasteiger partial charge in [-0.15, -0.1) is 0 Å². The number of carboxylic acid groups (broad SMARTS) is 1. The highest BCUT2D eigenvalue weighted by Gasteiger charge is 2.20. The summed E-state index contributed by atoms with van der Waals surface area (Å²) in [5, 5.41) is 21.3. The van der Waals surface area contributed by atoms with Crippen LogP contribution in [-0.4, -0.2) is 69.7 Å². The van der Waals surface area contributed by atoms with Gasteiger partial charge in [-0.25, -0.2) is 14.8 Å². The van der Waals surface area contributed by atoms with Crippen molar-refractivity contribution in [2.45, 2.75) is 39.0 Å². The van der Waals surface area contributed by atoms with Crippen molar-refractivity contribution in [2.24, 2.45) is 0 Å². The molecular weight excluding hydrogens is 490 g/mol. The molecular formula is C27H33N5O6. The summed E-state index contributed by atoms with van der Waals surface area (Å²) >= 11 is 0. The Bertz CT molecular complexity index is 1230. The highest BCUT2D eigenvalue weighted by molar-refractivity contribution is 6.03. The van der Waals surface area contributed by atoms with Gasteiger partial charge in [-0.2, -0.15) is 0 Å². The lowest BCUT2D eigenvalue weighted by Crippen LogP contribution is -2.35. The number of phenolic OH excluding ortho intramolecular Hbond substituents is 1. The number of aryl methyl sites for hydroxylation is 1. The molecule has 11 heteroatoms. The third kappa shape index (κ3) is 8.05. The molecule has 0 saturated heterocycles. The van der Waals surface area contributed by atoms with Gasteiger partial charge in [0.15, 0.2) is 11.6 Å². The van der Waals surface area contributed by atoms with Gasteiger partial charge in [-0.1, -0.05) is 24.3 Å². The molecule has 0 aliphatic carbocycles. The van der Waals surface area contributed by atoms with Crippen LogP contribution in [-0.2, 0) is 17.6 Å². The molecule has 202 valence electrons. The molecule has 0 aliphatic rings. The van der Waals surface area contributed by atoms with E-state index in [1.165, 1.54) is 11.2 Å². The summed E-state index contributed by atoms with van der Waals surface area (Å²) in [6.07, 6.45) is 3.89. The van der Waals surface area contributed by atoms with Crippen LogP contribution in [0, 0.1) is 6.92 Å². The van der Waals surface area contributed by atoms with Gasteiger partial charge in [0.05, 0.1) is 0 Å². The number of hydrogen-bond donors (Lipinski definition) is 3.